The third-order valence-corrected chi connectivity index (χ3v) is 9.75. The third kappa shape index (κ3) is 3.94. The summed E-state index contributed by atoms with van der Waals surface area (Å²) in [4.78, 5) is 0. The van der Waals surface area contributed by atoms with Crippen LogP contribution in [-0.2, 0) is 0 Å². The summed E-state index contributed by atoms with van der Waals surface area (Å²) in [5, 5.41) is 10.6. The van der Waals surface area contributed by atoms with E-state index in [1.54, 1.807) is 0 Å². The number of benzene rings is 8. The highest BCUT2D eigenvalue weighted by Gasteiger charge is 2.18. The minimum absolute atomic E-state index is 0.485. The van der Waals surface area contributed by atoms with Crippen molar-refractivity contribution in [1.29, 1.82) is 0 Å². The summed E-state index contributed by atoms with van der Waals surface area (Å²) in [6.07, 6.45) is 0. The molecule has 214 valence electrons. The number of fused-ring (bicyclic) bond motifs is 3. The summed E-state index contributed by atoms with van der Waals surface area (Å²) < 4.78 is 2.39. The van der Waals surface area contributed by atoms with Crippen LogP contribution in [0.2, 0.25) is 0 Å². The van der Waals surface area contributed by atoms with Gasteiger partial charge in [-0.15, -0.1) is 0 Å². The second-order valence-corrected chi connectivity index (χ2v) is 12.9. The molecule has 9 rings (SSSR count). The van der Waals surface area contributed by atoms with Gasteiger partial charge in [0.1, 0.15) is 0 Å². The molecule has 0 saturated carbocycles. The highest BCUT2D eigenvalue weighted by molar-refractivity contribution is 6.28. The van der Waals surface area contributed by atoms with E-state index >= 15 is 0 Å². The first-order valence-electron chi connectivity index (χ1n) is 16.0. The van der Waals surface area contributed by atoms with Gasteiger partial charge in [-0.05, 0) is 103 Å². The fraction of sp³-hybridized carbons (Fsp3) is 0.0909. The molecule has 1 aromatic heterocycles. The molecule has 0 spiro atoms. The van der Waals surface area contributed by atoms with Crippen LogP contribution in [0.5, 0.6) is 0 Å². The van der Waals surface area contributed by atoms with E-state index in [2.05, 4.69) is 165 Å². The van der Waals surface area contributed by atoms with E-state index in [9.17, 15) is 0 Å². The van der Waals surface area contributed by atoms with Crippen molar-refractivity contribution >= 4 is 54.1 Å². The fourth-order valence-corrected chi connectivity index (χ4v) is 7.55. The Labute approximate surface area is 263 Å². The van der Waals surface area contributed by atoms with Crippen LogP contribution < -0.4 is 0 Å². The molecule has 8 aromatic carbocycles. The van der Waals surface area contributed by atoms with Gasteiger partial charge in [0.15, 0.2) is 0 Å². The predicted molar refractivity (Wildman–Crippen MR) is 194 cm³/mol. The zero-order valence-electron chi connectivity index (χ0n) is 25.8. The van der Waals surface area contributed by atoms with Gasteiger partial charge >= 0.3 is 0 Å². The summed E-state index contributed by atoms with van der Waals surface area (Å²) in [5.74, 6) is 0.485. The van der Waals surface area contributed by atoms with Crippen LogP contribution in [0.15, 0.2) is 140 Å². The number of aromatic nitrogens is 1. The highest BCUT2D eigenvalue weighted by atomic mass is 15.0. The average Bonchev–Trinajstić information content (AvgIpc) is 3.41. The second kappa shape index (κ2) is 9.81. The van der Waals surface area contributed by atoms with E-state index in [0.717, 1.165) is 0 Å². The molecule has 0 bridgehead atoms. The van der Waals surface area contributed by atoms with Gasteiger partial charge in [0.2, 0.25) is 0 Å². The Morgan fingerprint density at radius 2 is 1.07 bits per heavy atom. The molecule has 1 heteroatoms. The molecule has 0 unspecified atom stereocenters. The van der Waals surface area contributed by atoms with Gasteiger partial charge in [-0.25, -0.2) is 0 Å². The molecular weight excluding hydrogens is 542 g/mol. The van der Waals surface area contributed by atoms with Crippen molar-refractivity contribution in [2.45, 2.75) is 26.7 Å². The minimum Gasteiger partial charge on any atom is -0.309 e. The summed E-state index contributed by atoms with van der Waals surface area (Å²) in [6, 6.07) is 52.1. The van der Waals surface area contributed by atoms with Crippen LogP contribution >= 0.6 is 0 Å². The van der Waals surface area contributed by atoms with Crippen molar-refractivity contribution in [2.75, 3.05) is 0 Å². The molecular formula is C44H33N. The quantitative estimate of drug-likeness (QED) is 0.184. The van der Waals surface area contributed by atoms with Crippen LogP contribution in [0, 0.1) is 6.92 Å². The minimum atomic E-state index is 0.485. The first kappa shape index (κ1) is 26.0. The van der Waals surface area contributed by atoms with Gasteiger partial charge in [-0.3, -0.25) is 0 Å². The van der Waals surface area contributed by atoms with Crippen molar-refractivity contribution in [1.82, 2.24) is 4.57 Å². The predicted octanol–water partition coefficient (Wildman–Crippen LogP) is 12.4. The van der Waals surface area contributed by atoms with E-state index < -0.39 is 0 Å². The lowest BCUT2D eigenvalue weighted by atomic mass is 9.84. The molecule has 0 aliphatic heterocycles. The van der Waals surface area contributed by atoms with E-state index in [0.29, 0.717) is 5.92 Å². The zero-order chi connectivity index (χ0) is 30.2. The number of hydrogen-bond acceptors (Lipinski definition) is 0. The van der Waals surface area contributed by atoms with Gasteiger partial charge in [-0.1, -0.05) is 129 Å². The highest BCUT2D eigenvalue weighted by Crippen LogP contribution is 2.45. The van der Waals surface area contributed by atoms with Crippen LogP contribution in [0.3, 0.4) is 0 Å². The van der Waals surface area contributed by atoms with Gasteiger partial charge in [0, 0.05) is 16.5 Å². The molecule has 1 heterocycles. The first-order valence-corrected chi connectivity index (χ1v) is 16.0. The molecule has 0 amide bonds. The van der Waals surface area contributed by atoms with Gasteiger partial charge < -0.3 is 4.57 Å². The van der Waals surface area contributed by atoms with Crippen molar-refractivity contribution in [3.05, 3.63) is 151 Å². The number of para-hydroxylation sites is 2. The molecule has 0 aliphatic rings. The lowest BCUT2D eigenvalue weighted by molar-refractivity contribution is 0.870. The number of nitrogens with zero attached hydrogens (tertiary/aromatic N) is 1. The Hall–Kier alpha value is -5.40. The Kier molecular flexibility index (Phi) is 5.67. The molecule has 1 nitrogen and oxygen atoms in total. The Morgan fingerprint density at radius 1 is 0.467 bits per heavy atom. The molecule has 9 aromatic rings. The largest absolute Gasteiger partial charge is 0.309 e. The SMILES string of the molecule is Cc1cccc(-c2cc(-c3ccc(-n4c5ccccc5c5ccccc54)cc3)c3ccc4cc(C(C)C)cc5ccc2c3c45)c1. The van der Waals surface area contributed by atoms with Crippen LogP contribution in [0.4, 0.5) is 0 Å². The summed E-state index contributed by atoms with van der Waals surface area (Å²) >= 11 is 0. The van der Waals surface area contributed by atoms with Crippen molar-refractivity contribution in [2.24, 2.45) is 0 Å². The van der Waals surface area contributed by atoms with Crippen molar-refractivity contribution in [3.8, 4) is 27.9 Å². The van der Waals surface area contributed by atoms with Gasteiger partial charge in [0.05, 0.1) is 11.0 Å². The molecule has 0 saturated heterocycles. The van der Waals surface area contributed by atoms with Crippen molar-refractivity contribution in [3.63, 3.8) is 0 Å². The van der Waals surface area contributed by atoms with Crippen LogP contribution in [0.1, 0.15) is 30.9 Å². The monoisotopic (exact) mass is 575 g/mol. The number of rotatable bonds is 4. The summed E-state index contributed by atoms with van der Waals surface area (Å²) in [6.45, 7) is 6.74. The fourth-order valence-electron chi connectivity index (χ4n) is 7.55. The Morgan fingerprint density at radius 3 is 1.67 bits per heavy atom. The van der Waals surface area contributed by atoms with E-state index in [1.807, 2.05) is 0 Å². The molecule has 45 heavy (non-hydrogen) atoms. The maximum absolute atomic E-state index is 2.42. The lowest BCUT2D eigenvalue weighted by Gasteiger charge is -2.19. The van der Waals surface area contributed by atoms with Crippen LogP contribution in [0.25, 0.3) is 82.1 Å². The third-order valence-electron chi connectivity index (χ3n) is 9.75. The Bertz CT molecular complexity index is 2490. The van der Waals surface area contributed by atoms with E-state index in [-0.39, 0.29) is 0 Å². The number of hydrogen-bond donors (Lipinski definition) is 0. The summed E-state index contributed by atoms with van der Waals surface area (Å²) in [5.41, 5.74) is 11.4. The number of aryl methyl sites for hydroxylation is 1. The van der Waals surface area contributed by atoms with E-state index in [1.165, 1.54) is 93.2 Å². The second-order valence-electron chi connectivity index (χ2n) is 12.9. The zero-order valence-corrected chi connectivity index (χ0v) is 25.8. The smallest absolute Gasteiger partial charge is 0.0541 e. The van der Waals surface area contributed by atoms with Gasteiger partial charge in [-0.2, -0.15) is 0 Å². The standard InChI is InChI=1S/C44H33N/c1-27(2)33-24-31-17-21-37-39(26-40(30-10-8-9-28(3)23-30)38-22-18-32(25-33)43(31)44(37)38)29-15-19-34(20-16-29)45-41-13-6-4-11-35(41)36-12-5-7-14-42(36)45/h4-27H,1-3H3. The molecule has 0 atom stereocenters. The van der Waals surface area contributed by atoms with Crippen LogP contribution in [-0.4, -0.2) is 4.57 Å². The maximum atomic E-state index is 2.42. The van der Waals surface area contributed by atoms with E-state index in [4.69, 9.17) is 0 Å². The average molecular weight is 576 g/mol. The first-order chi connectivity index (χ1) is 22.0. The maximum Gasteiger partial charge on any atom is 0.0541 e. The molecule has 0 N–H and O–H groups in total. The summed E-state index contributed by atoms with van der Waals surface area (Å²) in [7, 11) is 0. The molecule has 0 fully saturated rings. The topological polar surface area (TPSA) is 4.93 Å². The van der Waals surface area contributed by atoms with Crippen molar-refractivity contribution < 1.29 is 0 Å². The normalized spacial score (nSPS) is 12.1. The molecule has 0 radical (unpaired) electrons. The lowest BCUT2D eigenvalue weighted by Crippen LogP contribution is -1.95. The Balaban J connectivity index is 1.30. The van der Waals surface area contributed by atoms with Gasteiger partial charge in [0.25, 0.3) is 0 Å². The molecule has 0 aliphatic carbocycles.